The van der Waals surface area contributed by atoms with Crippen LogP contribution in [0, 0.1) is 6.92 Å². The lowest BCUT2D eigenvalue weighted by molar-refractivity contribution is 0.412. The Kier molecular flexibility index (Phi) is 4.47. The number of nitrogen functional groups attached to an aromatic ring is 1. The average molecular weight is 322 g/mol. The first kappa shape index (κ1) is 15.6. The van der Waals surface area contributed by atoms with Crippen molar-refractivity contribution >= 4 is 17.2 Å². The van der Waals surface area contributed by atoms with Crippen molar-refractivity contribution in [1.29, 1.82) is 0 Å². The summed E-state index contributed by atoms with van der Waals surface area (Å²) in [6.45, 7) is 2.01. The molecule has 0 saturated heterocycles. The second kappa shape index (κ2) is 6.87. The third-order valence-corrected chi connectivity index (χ3v) is 3.52. The number of hydrogen-bond donors (Lipinski definition) is 2. The molecule has 122 valence electrons. The van der Waals surface area contributed by atoms with Crippen LogP contribution in [0.4, 0.5) is 17.2 Å². The largest absolute Gasteiger partial charge is 0.497 e. The van der Waals surface area contributed by atoms with E-state index in [0.29, 0.717) is 23.1 Å². The Labute approximate surface area is 140 Å². The maximum atomic E-state index is 6.15. The molecule has 24 heavy (non-hydrogen) atoms. The molecule has 1 aromatic heterocycles. The first-order valence-electron chi connectivity index (χ1n) is 7.42. The van der Waals surface area contributed by atoms with E-state index in [1.807, 2.05) is 31.2 Å². The van der Waals surface area contributed by atoms with E-state index in [4.69, 9.17) is 15.2 Å². The van der Waals surface area contributed by atoms with Gasteiger partial charge in [-0.3, -0.25) is 0 Å². The molecule has 6 nitrogen and oxygen atoms in total. The van der Waals surface area contributed by atoms with Gasteiger partial charge < -0.3 is 20.5 Å². The van der Waals surface area contributed by atoms with E-state index in [1.54, 1.807) is 31.4 Å². The van der Waals surface area contributed by atoms with Gasteiger partial charge in [-0.05, 0) is 42.8 Å². The summed E-state index contributed by atoms with van der Waals surface area (Å²) in [5.74, 6) is 2.16. The van der Waals surface area contributed by atoms with Crippen LogP contribution < -0.4 is 20.5 Å². The summed E-state index contributed by atoms with van der Waals surface area (Å²) in [6.07, 6.45) is 1.41. The van der Waals surface area contributed by atoms with Gasteiger partial charge in [-0.25, -0.2) is 4.98 Å². The van der Waals surface area contributed by atoms with Crippen LogP contribution in [0.1, 0.15) is 5.56 Å². The first-order valence-corrected chi connectivity index (χ1v) is 7.42. The van der Waals surface area contributed by atoms with Crippen LogP contribution in [-0.2, 0) is 0 Å². The standard InChI is InChI=1S/C18H18N4O2/c1-12-5-3-4-6-15(12)22-17-16(19)18(21-11-20-17)24-14-9-7-13(23-2)8-10-14/h3-11H,19H2,1-2H3,(H,20,21,22). The Morgan fingerprint density at radius 3 is 2.38 bits per heavy atom. The lowest BCUT2D eigenvalue weighted by Crippen LogP contribution is -2.03. The van der Waals surface area contributed by atoms with Crippen molar-refractivity contribution in [1.82, 2.24) is 9.97 Å². The molecule has 0 radical (unpaired) electrons. The number of hydrogen-bond acceptors (Lipinski definition) is 6. The van der Waals surface area contributed by atoms with Gasteiger partial charge in [0.1, 0.15) is 23.5 Å². The maximum absolute atomic E-state index is 6.15. The summed E-state index contributed by atoms with van der Waals surface area (Å²) >= 11 is 0. The van der Waals surface area contributed by atoms with Crippen molar-refractivity contribution in [2.24, 2.45) is 0 Å². The van der Waals surface area contributed by atoms with Crippen LogP contribution in [0.2, 0.25) is 0 Å². The van der Waals surface area contributed by atoms with Crippen molar-refractivity contribution in [3.05, 3.63) is 60.4 Å². The highest BCUT2D eigenvalue weighted by Gasteiger charge is 2.11. The number of ether oxygens (including phenoxy) is 2. The molecular formula is C18H18N4O2. The maximum Gasteiger partial charge on any atom is 0.248 e. The van der Waals surface area contributed by atoms with Crippen LogP contribution in [0.25, 0.3) is 0 Å². The molecule has 6 heteroatoms. The summed E-state index contributed by atoms with van der Waals surface area (Å²) in [5, 5.41) is 3.21. The van der Waals surface area contributed by atoms with E-state index >= 15 is 0 Å². The number of para-hydroxylation sites is 1. The topological polar surface area (TPSA) is 82.3 Å². The van der Waals surface area contributed by atoms with Gasteiger partial charge in [0.2, 0.25) is 5.88 Å². The Bertz CT molecular complexity index is 835. The number of nitrogens with one attached hydrogen (secondary N) is 1. The zero-order valence-corrected chi connectivity index (χ0v) is 13.5. The second-order valence-electron chi connectivity index (χ2n) is 5.16. The molecule has 3 N–H and O–H groups in total. The summed E-state index contributed by atoms with van der Waals surface area (Å²) in [4.78, 5) is 8.31. The number of methoxy groups -OCH3 is 1. The van der Waals surface area contributed by atoms with Crippen molar-refractivity contribution < 1.29 is 9.47 Å². The molecule has 0 spiro atoms. The Morgan fingerprint density at radius 1 is 0.958 bits per heavy atom. The van der Waals surface area contributed by atoms with Crippen molar-refractivity contribution in [2.45, 2.75) is 6.92 Å². The minimum absolute atomic E-state index is 0.297. The molecule has 3 aromatic rings. The zero-order valence-electron chi connectivity index (χ0n) is 13.5. The molecular weight excluding hydrogens is 304 g/mol. The predicted molar refractivity (Wildman–Crippen MR) is 94.0 cm³/mol. The molecule has 3 rings (SSSR count). The highest BCUT2D eigenvalue weighted by Crippen LogP contribution is 2.32. The zero-order chi connectivity index (χ0) is 16.9. The lowest BCUT2D eigenvalue weighted by Gasteiger charge is -2.13. The molecule has 0 saturated carbocycles. The number of aromatic nitrogens is 2. The van der Waals surface area contributed by atoms with Crippen molar-refractivity contribution in [3.8, 4) is 17.4 Å². The molecule has 2 aromatic carbocycles. The summed E-state index contributed by atoms with van der Waals surface area (Å²) in [6, 6.07) is 15.1. The lowest BCUT2D eigenvalue weighted by atomic mass is 10.2. The van der Waals surface area contributed by atoms with E-state index < -0.39 is 0 Å². The molecule has 0 fully saturated rings. The third kappa shape index (κ3) is 3.38. The second-order valence-corrected chi connectivity index (χ2v) is 5.16. The Balaban J connectivity index is 1.83. The number of rotatable bonds is 5. The van der Waals surface area contributed by atoms with E-state index in [9.17, 15) is 0 Å². The smallest absolute Gasteiger partial charge is 0.248 e. The fourth-order valence-corrected chi connectivity index (χ4v) is 2.16. The predicted octanol–water partition coefficient (Wildman–Crippen LogP) is 3.91. The summed E-state index contributed by atoms with van der Waals surface area (Å²) in [7, 11) is 1.61. The van der Waals surface area contributed by atoms with Gasteiger partial charge in [-0.2, -0.15) is 4.98 Å². The van der Waals surface area contributed by atoms with Crippen molar-refractivity contribution in [2.75, 3.05) is 18.2 Å². The molecule has 1 heterocycles. The van der Waals surface area contributed by atoms with Crippen LogP contribution in [0.15, 0.2) is 54.9 Å². The van der Waals surface area contributed by atoms with Crippen LogP contribution >= 0.6 is 0 Å². The van der Waals surface area contributed by atoms with E-state index in [2.05, 4.69) is 15.3 Å². The van der Waals surface area contributed by atoms with Gasteiger partial charge in [-0.1, -0.05) is 18.2 Å². The Hall–Kier alpha value is -3.28. The molecule has 0 amide bonds. The fourth-order valence-electron chi connectivity index (χ4n) is 2.16. The third-order valence-electron chi connectivity index (χ3n) is 3.52. The average Bonchev–Trinajstić information content (AvgIpc) is 2.61. The van der Waals surface area contributed by atoms with Gasteiger partial charge in [0, 0.05) is 5.69 Å². The molecule has 0 unspecified atom stereocenters. The quantitative estimate of drug-likeness (QED) is 0.741. The van der Waals surface area contributed by atoms with Gasteiger partial charge in [0.15, 0.2) is 5.82 Å². The van der Waals surface area contributed by atoms with E-state index in [1.165, 1.54) is 6.33 Å². The Morgan fingerprint density at radius 2 is 1.67 bits per heavy atom. The molecule has 0 atom stereocenters. The van der Waals surface area contributed by atoms with Crippen LogP contribution in [0.3, 0.4) is 0 Å². The number of aryl methyl sites for hydroxylation is 1. The summed E-state index contributed by atoms with van der Waals surface area (Å²) < 4.78 is 10.9. The monoisotopic (exact) mass is 322 g/mol. The van der Waals surface area contributed by atoms with Gasteiger partial charge in [0.05, 0.1) is 7.11 Å². The normalized spacial score (nSPS) is 10.2. The number of nitrogens with two attached hydrogens (primary N) is 1. The van der Waals surface area contributed by atoms with Gasteiger partial charge >= 0.3 is 0 Å². The molecule has 0 aliphatic heterocycles. The fraction of sp³-hybridized carbons (Fsp3) is 0.111. The SMILES string of the molecule is COc1ccc(Oc2ncnc(Nc3ccccc3C)c2N)cc1. The molecule has 0 bridgehead atoms. The van der Waals surface area contributed by atoms with E-state index in [0.717, 1.165) is 17.0 Å². The van der Waals surface area contributed by atoms with Crippen LogP contribution in [0.5, 0.6) is 17.4 Å². The number of nitrogens with zero attached hydrogens (tertiary/aromatic N) is 2. The minimum atomic E-state index is 0.297. The van der Waals surface area contributed by atoms with E-state index in [-0.39, 0.29) is 0 Å². The highest BCUT2D eigenvalue weighted by atomic mass is 16.5. The molecule has 0 aliphatic rings. The first-order chi connectivity index (χ1) is 11.7. The van der Waals surface area contributed by atoms with Crippen LogP contribution in [-0.4, -0.2) is 17.1 Å². The molecule has 0 aliphatic carbocycles. The van der Waals surface area contributed by atoms with Gasteiger partial charge in [-0.15, -0.1) is 0 Å². The number of anilines is 3. The minimum Gasteiger partial charge on any atom is -0.497 e. The van der Waals surface area contributed by atoms with Gasteiger partial charge in [0.25, 0.3) is 0 Å². The summed E-state index contributed by atoms with van der Waals surface area (Å²) in [5.41, 5.74) is 8.51. The van der Waals surface area contributed by atoms with Crippen molar-refractivity contribution in [3.63, 3.8) is 0 Å². The number of benzene rings is 2. The highest BCUT2D eigenvalue weighted by molar-refractivity contribution is 5.73.